The number of aromatic nitrogens is 2. The number of para-hydroxylation sites is 1. The first-order chi connectivity index (χ1) is 15.0. The van der Waals surface area contributed by atoms with Gasteiger partial charge in [0.15, 0.2) is 5.82 Å². The molecule has 1 aromatic heterocycles. The molecule has 0 saturated carbocycles. The van der Waals surface area contributed by atoms with Gasteiger partial charge in [0.25, 0.3) is 0 Å². The van der Waals surface area contributed by atoms with Crippen LogP contribution in [0.4, 0.5) is 5.82 Å². The van der Waals surface area contributed by atoms with Crippen molar-refractivity contribution >= 4 is 17.6 Å². The predicted octanol–water partition coefficient (Wildman–Crippen LogP) is 3.65. The maximum Gasteiger partial charge on any atom is 0.230 e. The van der Waals surface area contributed by atoms with Crippen LogP contribution < -0.4 is 15.4 Å². The van der Waals surface area contributed by atoms with E-state index >= 15 is 0 Å². The Morgan fingerprint density at radius 2 is 2.00 bits per heavy atom. The van der Waals surface area contributed by atoms with Crippen molar-refractivity contribution in [3.8, 4) is 22.7 Å². The van der Waals surface area contributed by atoms with Crippen LogP contribution in [0.1, 0.15) is 20.3 Å². The van der Waals surface area contributed by atoms with E-state index in [2.05, 4.69) is 29.6 Å². The maximum absolute atomic E-state index is 12.6. The molecule has 0 aliphatic carbocycles. The lowest BCUT2D eigenvalue weighted by molar-refractivity contribution is -0.123. The van der Waals surface area contributed by atoms with Gasteiger partial charge in [-0.25, -0.2) is 4.68 Å². The van der Waals surface area contributed by atoms with Gasteiger partial charge < -0.3 is 15.4 Å². The van der Waals surface area contributed by atoms with Crippen LogP contribution in [0.2, 0.25) is 0 Å². The summed E-state index contributed by atoms with van der Waals surface area (Å²) in [5, 5.41) is 10.2. The molecule has 3 aromatic rings. The highest BCUT2D eigenvalue weighted by atomic mass is 16.5. The second-order valence-corrected chi connectivity index (χ2v) is 8.09. The number of hydrogen-bond acceptors (Lipinski definition) is 4. The van der Waals surface area contributed by atoms with Crippen LogP contribution in [-0.4, -0.2) is 34.7 Å². The van der Waals surface area contributed by atoms with E-state index in [0.717, 1.165) is 22.7 Å². The molecule has 1 atom stereocenters. The average Bonchev–Trinajstić information content (AvgIpc) is 3.39. The lowest BCUT2D eigenvalue weighted by atomic mass is 10.1. The molecule has 0 radical (unpaired) electrons. The van der Waals surface area contributed by atoms with Gasteiger partial charge >= 0.3 is 0 Å². The van der Waals surface area contributed by atoms with Gasteiger partial charge in [0.05, 0.1) is 23.9 Å². The minimum atomic E-state index is -0.384. The molecule has 1 saturated heterocycles. The minimum Gasteiger partial charge on any atom is -0.493 e. The zero-order chi connectivity index (χ0) is 21.8. The average molecular weight is 418 g/mol. The summed E-state index contributed by atoms with van der Waals surface area (Å²) < 4.78 is 7.69. The van der Waals surface area contributed by atoms with Crippen LogP contribution in [0.3, 0.4) is 0 Å². The Labute approximate surface area is 181 Å². The number of nitrogens with one attached hydrogen (secondary N) is 2. The largest absolute Gasteiger partial charge is 0.493 e. The van der Waals surface area contributed by atoms with E-state index < -0.39 is 0 Å². The molecule has 2 amide bonds. The summed E-state index contributed by atoms with van der Waals surface area (Å²) in [4.78, 5) is 24.0. The predicted molar refractivity (Wildman–Crippen MR) is 119 cm³/mol. The fourth-order valence-electron chi connectivity index (χ4n) is 3.44. The number of carbonyl (C=O) groups is 2. The van der Waals surface area contributed by atoms with Gasteiger partial charge in [0.1, 0.15) is 5.75 Å². The molecule has 1 aliphatic rings. The fraction of sp³-hybridized carbons (Fsp3) is 0.292. The third kappa shape index (κ3) is 4.94. The van der Waals surface area contributed by atoms with E-state index in [-0.39, 0.29) is 24.2 Å². The van der Waals surface area contributed by atoms with E-state index in [1.54, 1.807) is 4.68 Å². The third-order valence-electron chi connectivity index (χ3n) is 5.02. The van der Waals surface area contributed by atoms with Gasteiger partial charge in [-0.2, -0.15) is 0 Å². The molecule has 2 N–H and O–H groups in total. The zero-order valence-corrected chi connectivity index (χ0v) is 17.7. The minimum absolute atomic E-state index is 0.103. The first kappa shape index (κ1) is 20.7. The Balaban J connectivity index is 1.65. The second-order valence-electron chi connectivity index (χ2n) is 8.09. The van der Waals surface area contributed by atoms with Gasteiger partial charge in [-0.3, -0.25) is 9.59 Å². The molecule has 1 aliphatic heterocycles. The summed E-state index contributed by atoms with van der Waals surface area (Å²) in [6, 6.07) is 19.4. The highest BCUT2D eigenvalue weighted by Gasteiger charge is 2.28. The first-order valence-corrected chi connectivity index (χ1v) is 10.5. The van der Waals surface area contributed by atoms with Gasteiger partial charge in [-0.1, -0.05) is 44.2 Å². The molecular formula is C24H26N4O3. The molecule has 160 valence electrons. The maximum atomic E-state index is 12.6. The van der Waals surface area contributed by atoms with Crippen LogP contribution in [0, 0.1) is 11.8 Å². The highest BCUT2D eigenvalue weighted by molar-refractivity contribution is 5.97. The molecule has 0 bridgehead atoms. The number of nitrogens with zero attached hydrogens (tertiary/aromatic N) is 2. The number of benzene rings is 2. The van der Waals surface area contributed by atoms with Crippen LogP contribution in [0.5, 0.6) is 5.75 Å². The molecule has 1 fully saturated rings. The smallest absolute Gasteiger partial charge is 0.230 e. The Hall–Kier alpha value is -3.61. The standard InChI is InChI=1S/C24H26N4O3/c1-16(2)15-31-20-10-6-7-17(11-20)21-13-22(26-24(30)18-12-23(29)25-14-18)27-28(21)19-8-4-3-5-9-19/h3-11,13,16,18H,12,14-15H2,1-2H3,(H,25,29)(H,26,27,30)/t18-/m1/s1. The molecule has 31 heavy (non-hydrogen) atoms. The number of carbonyl (C=O) groups excluding carboxylic acids is 2. The van der Waals surface area contributed by atoms with Gasteiger partial charge in [0, 0.05) is 24.6 Å². The number of ether oxygens (including phenoxy) is 1. The van der Waals surface area contributed by atoms with Crippen LogP contribution in [0.25, 0.3) is 16.9 Å². The van der Waals surface area contributed by atoms with Crippen LogP contribution in [0.15, 0.2) is 60.7 Å². The summed E-state index contributed by atoms with van der Waals surface area (Å²) in [6.45, 7) is 5.20. The fourth-order valence-corrected chi connectivity index (χ4v) is 3.44. The molecule has 2 aromatic carbocycles. The van der Waals surface area contributed by atoms with E-state index in [1.165, 1.54) is 0 Å². The Morgan fingerprint density at radius 3 is 2.71 bits per heavy atom. The molecular weight excluding hydrogens is 392 g/mol. The molecule has 4 rings (SSSR count). The Bertz CT molecular complexity index is 1080. The topological polar surface area (TPSA) is 85.2 Å². The summed E-state index contributed by atoms with van der Waals surface area (Å²) in [6.07, 6.45) is 0.202. The number of hydrogen-bond donors (Lipinski definition) is 2. The SMILES string of the molecule is CC(C)COc1cccc(-c2cc(NC(=O)[C@H]3CNC(=O)C3)nn2-c2ccccc2)c1. The molecule has 2 heterocycles. The third-order valence-corrected chi connectivity index (χ3v) is 5.02. The van der Waals surface area contributed by atoms with Gasteiger partial charge in [0.2, 0.25) is 11.8 Å². The normalized spacial score (nSPS) is 15.7. The molecule has 0 spiro atoms. The van der Waals surface area contributed by atoms with Crippen molar-refractivity contribution in [2.24, 2.45) is 11.8 Å². The van der Waals surface area contributed by atoms with Crippen molar-refractivity contribution in [1.29, 1.82) is 0 Å². The van der Waals surface area contributed by atoms with E-state index in [1.807, 2.05) is 60.7 Å². The van der Waals surface area contributed by atoms with Crippen LogP contribution in [-0.2, 0) is 9.59 Å². The van der Waals surface area contributed by atoms with Crippen molar-refractivity contribution in [2.75, 3.05) is 18.5 Å². The van der Waals surface area contributed by atoms with Crippen molar-refractivity contribution < 1.29 is 14.3 Å². The van der Waals surface area contributed by atoms with Gasteiger partial charge in [-0.05, 0) is 30.2 Å². The number of amides is 2. The Morgan fingerprint density at radius 1 is 1.19 bits per heavy atom. The second kappa shape index (κ2) is 9.04. The number of anilines is 1. The van der Waals surface area contributed by atoms with E-state index in [4.69, 9.17) is 4.74 Å². The summed E-state index contributed by atoms with van der Waals surface area (Å²) >= 11 is 0. The molecule has 0 unspecified atom stereocenters. The van der Waals surface area contributed by atoms with Crippen molar-refractivity contribution in [2.45, 2.75) is 20.3 Å². The van der Waals surface area contributed by atoms with Gasteiger partial charge in [-0.15, -0.1) is 5.10 Å². The first-order valence-electron chi connectivity index (χ1n) is 10.5. The van der Waals surface area contributed by atoms with Crippen molar-refractivity contribution in [1.82, 2.24) is 15.1 Å². The molecule has 7 heteroatoms. The van der Waals surface area contributed by atoms with Crippen molar-refractivity contribution in [3.63, 3.8) is 0 Å². The van der Waals surface area contributed by atoms with E-state index in [0.29, 0.717) is 24.9 Å². The number of rotatable bonds is 7. The molecule has 7 nitrogen and oxygen atoms in total. The van der Waals surface area contributed by atoms with E-state index in [9.17, 15) is 9.59 Å². The lowest BCUT2D eigenvalue weighted by Gasteiger charge is -2.11. The zero-order valence-electron chi connectivity index (χ0n) is 17.7. The Kier molecular flexibility index (Phi) is 6.02. The summed E-state index contributed by atoms with van der Waals surface area (Å²) in [5.41, 5.74) is 2.64. The summed E-state index contributed by atoms with van der Waals surface area (Å²) in [7, 11) is 0. The summed E-state index contributed by atoms with van der Waals surface area (Å²) in [5.74, 6) is 0.957. The lowest BCUT2D eigenvalue weighted by Crippen LogP contribution is -2.24. The quantitative estimate of drug-likeness (QED) is 0.613. The highest BCUT2D eigenvalue weighted by Crippen LogP contribution is 2.29. The monoisotopic (exact) mass is 418 g/mol. The van der Waals surface area contributed by atoms with Crippen LogP contribution >= 0.6 is 0 Å². The van der Waals surface area contributed by atoms with Crippen molar-refractivity contribution in [3.05, 3.63) is 60.7 Å².